The van der Waals surface area contributed by atoms with Crippen LogP contribution in [0.3, 0.4) is 0 Å². The molecule has 1 aliphatic rings. The van der Waals surface area contributed by atoms with Gasteiger partial charge in [0.1, 0.15) is 12.4 Å². The van der Waals surface area contributed by atoms with Crippen molar-refractivity contribution in [3.8, 4) is 0 Å². The molecule has 0 aliphatic carbocycles. The van der Waals surface area contributed by atoms with Gasteiger partial charge in [0.15, 0.2) is 0 Å². The van der Waals surface area contributed by atoms with Crippen molar-refractivity contribution >= 4 is 44.6 Å². The Bertz CT molecular complexity index is 977. The van der Waals surface area contributed by atoms with Crippen molar-refractivity contribution in [1.29, 1.82) is 0 Å². The van der Waals surface area contributed by atoms with Gasteiger partial charge in [-0.3, -0.25) is 9.10 Å². The van der Waals surface area contributed by atoms with Crippen LogP contribution in [0.25, 0.3) is 0 Å². The molecule has 156 valence electrons. The van der Waals surface area contributed by atoms with Crippen molar-refractivity contribution in [3.05, 3.63) is 53.3 Å². The monoisotopic (exact) mass is 439 g/mol. The highest BCUT2D eigenvalue weighted by molar-refractivity contribution is 7.92. The molecule has 0 spiro atoms. The van der Waals surface area contributed by atoms with Gasteiger partial charge in [-0.2, -0.15) is 0 Å². The van der Waals surface area contributed by atoms with Crippen LogP contribution in [0.2, 0.25) is 5.02 Å². The molecule has 0 saturated carbocycles. The number of nitrogens with one attached hydrogen (secondary N) is 1. The Hall–Kier alpha value is -2.32. The lowest BCUT2D eigenvalue weighted by Crippen LogP contribution is -2.37. The van der Waals surface area contributed by atoms with Gasteiger partial charge < -0.3 is 10.2 Å². The number of piperidine rings is 1. The van der Waals surface area contributed by atoms with Crippen LogP contribution in [-0.4, -0.2) is 40.2 Å². The number of halogens is 2. The zero-order valence-electron chi connectivity index (χ0n) is 16.1. The summed E-state index contributed by atoms with van der Waals surface area (Å²) in [5.74, 6) is -1.18. The van der Waals surface area contributed by atoms with Gasteiger partial charge in [-0.1, -0.05) is 11.6 Å². The van der Waals surface area contributed by atoms with E-state index in [0.29, 0.717) is 5.69 Å². The molecule has 3 rings (SSSR count). The van der Waals surface area contributed by atoms with Crippen molar-refractivity contribution in [2.45, 2.75) is 19.3 Å². The van der Waals surface area contributed by atoms with Crippen molar-refractivity contribution < 1.29 is 17.6 Å². The third kappa shape index (κ3) is 5.61. The number of hydrogen-bond acceptors (Lipinski definition) is 4. The fraction of sp³-hybridized carbons (Fsp3) is 0.350. The van der Waals surface area contributed by atoms with Crippen LogP contribution in [0, 0.1) is 5.82 Å². The number of rotatable bonds is 6. The minimum atomic E-state index is -3.77. The summed E-state index contributed by atoms with van der Waals surface area (Å²) in [6.07, 6.45) is 4.58. The molecule has 0 aromatic heterocycles. The number of hydrogen-bond donors (Lipinski definition) is 1. The summed E-state index contributed by atoms with van der Waals surface area (Å²) in [4.78, 5) is 14.8. The van der Waals surface area contributed by atoms with Gasteiger partial charge in [0.05, 0.1) is 17.0 Å². The molecular formula is C20H23ClFN3O3S. The normalized spacial score (nSPS) is 14.5. The molecule has 29 heavy (non-hydrogen) atoms. The zero-order valence-corrected chi connectivity index (χ0v) is 17.6. The second-order valence-electron chi connectivity index (χ2n) is 7.01. The van der Waals surface area contributed by atoms with Crippen LogP contribution < -0.4 is 14.5 Å². The van der Waals surface area contributed by atoms with E-state index in [4.69, 9.17) is 11.6 Å². The summed E-state index contributed by atoms with van der Waals surface area (Å²) >= 11 is 5.75. The van der Waals surface area contributed by atoms with E-state index >= 15 is 0 Å². The first-order chi connectivity index (χ1) is 13.7. The van der Waals surface area contributed by atoms with Crippen LogP contribution in [0.5, 0.6) is 0 Å². The number of anilines is 3. The first-order valence-electron chi connectivity index (χ1n) is 9.32. The van der Waals surface area contributed by atoms with E-state index < -0.39 is 28.3 Å². The van der Waals surface area contributed by atoms with Gasteiger partial charge in [-0.05, 0) is 61.7 Å². The highest BCUT2D eigenvalue weighted by Crippen LogP contribution is 2.25. The lowest BCUT2D eigenvalue weighted by atomic mass is 10.1. The summed E-state index contributed by atoms with van der Waals surface area (Å²) in [6.45, 7) is 1.60. The van der Waals surface area contributed by atoms with E-state index in [1.807, 2.05) is 12.1 Å². The fourth-order valence-corrected chi connectivity index (χ4v) is 4.30. The number of sulfonamides is 1. The average Bonchev–Trinajstić information content (AvgIpc) is 2.69. The number of carbonyl (C=O) groups is 1. The van der Waals surface area contributed by atoms with Gasteiger partial charge in [0, 0.05) is 24.5 Å². The number of benzene rings is 2. The van der Waals surface area contributed by atoms with Crippen molar-refractivity contribution in [2.75, 3.05) is 40.4 Å². The average molecular weight is 440 g/mol. The van der Waals surface area contributed by atoms with Gasteiger partial charge in [-0.15, -0.1) is 0 Å². The zero-order chi connectivity index (χ0) is 21.0. The molecule has 1 heterocycles. The lowest BCUT2D eigenvalue weighted by Gasteiger charge is -2.29. The molecule has 1 saturated heterocycles. The summed E-state index contributed by atoms with van der Waals surface area (Å²) in [5, 5.41) is 2.48. The summed E-state index contributed by atoms with van der Waals surface area (Å²) in [6, 6.07) is 11.0. The molecule has 1 aliphatic heterocycles. The number of amides is 1. The largest absolute Gasteiger partial charge is 0.372 e. The van der Waals surface area contributed by atoms with Gasteiger partial charge >= 0.3 is 0 Å². The Morgan fingerprint density at radius 2 is 1.79 bits per heavy atom. The summed E-state index contributed by atoms with van der Waals surface area (Å²) < 4.78 is 38.6. The molecule has 1 N–H and O–H groups in total. The van der Waals surface area contributed by atoms with Crippen molar-refractivity contribution in [1.82, 2.24) is 0 Å². The molecule has 9 heteroatoms. The highest BCUT2D eigenvalue weighted by Gasteiger charge is 2.22. The molecular weight excluding hydrogens is 417 g/mol. The van der Waals surface area contributed by atoms with Crippen LogP contribution in [0.4, 0.5) is 21.5 Å². The van der Waals surface area contributed by atoms with E-state index in [1.54, 1.807) is 12.1 Å². The first kappa shape index (κ1) is 21.4. The minimum Gasteiger partial charge on any atom is -0.372 e. The second kappa shape index (κ2) is 9.00. The predicted molar refractivity (Wildman–Crippen MR) is 115 cm³/mol. The first-order valence-corrected chi connectivity index (χ1v) is 11.5. The number of carbonyl (C=O) groups excluding carboxylic acids is 1. The topological polar surface area (TPSA) is 69.7 Å². The van der Waals surface area contributed by atoms with E-state index in [9.17, 15) is 17.6 Å². The highest BCUT2D eigenvalue weighted by atomic mass is 35.5. The summed E-state index contributed by atoms with van der Waals surface area (Å²) in [5.41, 5.74) is 1.79. The van der Waals surface area contributed by atoms with E-state index in [1.165, 1.54) is 31.4 Å². The predicted octanol–water partition coefficient (Wildman–Crippen LogP) is 3.87. The molecule has 0 unspecified atom stereocenters. The molecule has 0 radical (unpaired) electrons. The smallest absolute Gasteiger partial charge is 0.245 e. The second-order valence-corrected chi connectivity index (χ2v) is 9.32. The lowest BCUT2D eigenvalue weighted by molar-refractivity contribution is -0.114. The molecule has 2 aromatic rings. The standard InChI is InChI=1S/C20H23ClFN3O3S/c1-29(27,28)25(17-9-10-19(22)18(21)13-17)14-20(26)23-15-5-7-16(8-6-15)24-11-3-2-4-12-24/h5-10,13H,2-4,11-12,14H2,1H3,(H,23,26). The quantitative estimate of drug-likeness (QED) is 0.741. The van der Waals surface area contributed by atoms with Gasteiger partial charge in [-0.25, -0.2) is 12.8 Å². The van der Waals surface area contributed by atoms with E-state index in [-0.39, 0.29) is 10.7 Å². The molecule has 2 aromatic carbocycles. The Balaban J connectivity index is 1.69. The van der Waals surface area contributed by atoms with Gasteiger partial charge in [0.25, 0.3) is 0 Å². The Morgan fingerprint density at radius 3 is 2.38 bits per heavy atom. The SMILES string of the molecule is CS(=O)(=O)N(CC(=O)Nc1ccc(N2CCCCC2)cc1)c1ccc(F)c(Cl)c1. The third-order valence-corrected chi connectivity index (χ3v) is 6.18. The minimum absolute atomic E-state index is 0.120. The van der Waals surface area contributed by atoms with Gasteiger partial charge in [0.2, 0.25) is 15.9 Å². The van der Waals surface area contributed by atoms with Crippen molar-refractivity contribution in [3.63, 3.8) is 0 Å². The van der Waals surface area contributed by atoms with Crippen LogP contribution in [-0.2, 0) is 14.8 Å². The maximum absolute atomic E-state index is 13.4. The maximum atomic E-state index is 13.4. The van der Waals surface area contributed by atoms with Crippen LogP contribution in [0.1, 0.15) is 19.3 Å². The molecule has 6 nitrogen and oxygen atoms in total. The van der Waals surface area contributed by atoms with E-state index in [2.05, 4.69) is 10.2 Å². The van der Waals surface area contributed by atoms with Crippen LogP contribution >= 0.6 is 11.6 Å². The Morgan fingerprint density at radius 1 is 1.14 bits per heavy atom. The Labute approximate surface area is 175 Å². The Kier molecular flexibility index (Phi) is 6.64. The molecule has 0 bridgehead atoms. The molecule has 1 fully saturated rings. The molecule has 0 atom stereocenters. The fourth-order valence-electron chi connectivity index (χ4n) is 3.28. The molecule has 1 amide bonds. The van der Waals surface area contributed by atoms with Crippen molar-refractivity contribution in [2.24, 2.45) is 0 Å². The van der Waals surface area contributed by atoms with E-state index in [0.717, 1.165) is 35.4 Å². The third-order valence-electron chi connectivity index (χ3n) is 4.75. The summed E-state index contributed by atoms with van der Waals surface area (Å²) in [7, 11) is -3.77. The maximum Gasteiger partial charge on any atom is 0.245 e. The van der Waals surface area contributed by atoms with Crippen LogP contribution in [0.15, 0.2) is 42.5 Å². The number of nitrogens with zero attached hydrogens (tertiary/aromatic N) is 2.